The number of thioether (sulfide) groups is 1. The maximum absolute atomic E-state index is 13.4. The minimum Gasteiger partial charge on any atom is -0.494 e. The lowest BCUT2D eigenvalue weighted by Gasteiger charge is -2.24. The van der Waals surface area contributed by atoms with Gasteiger partial charge in [0.1, 0.15) is 12.3 Å². The van der Waals surface area contributed by atoms with Gasteiger partial charge in [0.25, 0.3) is 15.9 Å². The number of pyridine rings is 1. The molecule has 0 aliphatic rings. The second kappa shape index (κ2) is 11.5. The highest BCUT2D eigenvalue weighted by molar-refractivity contribution is 7.98. The molecule has 0 saturated carbocycles. The minimum absolute atomic E-state index is 0.0841. The van der Waals surface area contributed by atoms with Gasteiger partial charge in [0.15, 0.2) is 0 Å². The molecule has 0 aliphatic heterocycles. The molecule has 0 radical (unpaired) electrons. The third-order valence-corrected chi connectivity index (χ3v) is 6.99. The molecule has 10 heteroatoms. The van der Waals surface area contributed by atoms with Crippen LogP contribution in [0.1, 0.15) is 12.5 Å². The smallest absolute Gasteiger partial charge is 0.264 e. The van der Waals surface area contributed by atoms with E-state index in [0.717, 1.165) is 9.20 Å². The van der Waals surface area contributed by atoms with E-state index >= 15 is 0 Å². The van der Waals surface area contributed by atoms with Gasteiger partial charge in [0, 0.05) is 22.9 Å². The zero-order valence-corrected chi connectivity index (χ0v) is 19.8. The number of benzene rings is 2. The van der Waals surface area contributed by atoms with E-state index in [1.54, 1.807) is 60.9 Å². The number of carbonyl (C=O) groups is 1. The molecule has 1 amide bonds. The van der Waals surface area contributed by atoms with E-state index in [2.05, 4.69) is 15.5 Å². The lowest BCUT2D eigenvalue weighted by atomic mass is 10.3. The standard InChI is InChI=1S/C23H24N4O4S2/c1-3-31-20-8-6-19(7-9-20)27(33(29,30)22-12-10-21(32-2)11-13-22)17-23(28)26-25-16-18-5-4-14-24-15-18/h4-16H,3,17H2,1-2H3,(H,26,28)/b25-16-. The quantitative estimate of drug-likeness (QED) is 0.268. The van der Waals surface area contributed by atoms with Crippen LogP contribution < -0.4 is 14.5 Å². The molecule has 33 heavy (non-hydrogen) atoms. The van der Waals surface area contributed by atoms with Crippen molar-refractivity contribution in [1.29, 1.82) is 0 Å². The Kier molecular flexibility index (Phi) is 8.45. The Morgan fingerprint density at radius 3 is 2.48 bits per heavy atom. The summed E-state index contributed by atoms with van der Waals surface area (Å²) in [5, 5.41) is 3.90. The summed E-state index contributed by atoms with van der Waals surface area (Å²) in [5.41, 5.74) is 3.40. The average Bonchev–Trinajstić information content (AvgIpc) is 2.84. The fraction of sp³-hybridized carbons (Fsp3) is 0.174. The van der Waals surface area contributed by atoms with Gasteiger partial charge in [-0.2, -0.15) is 5.10 Å². The lowest BCUT2D eigenvalue weighted by Crippen LogP contribution is -2.39. The molecule has 0 atom stereocenters. The Balaban J connectivity index is 1.85. The third kappa shape index (κ3) is 6.56. The number of hydrazone groups is 1. The van der Waals surface area contributed by atoms with Gasteiger partial charge in [-0.3, -0.25) is 14.1 Å². The Labute approximate surface area is 197 Å². The summed E-state index contributed by atoms with van der Waals surface area (Å²) in [7, 11) is -4.02. The summed E-state index contributed by atoms with van der Waals surface area (Å²) in [4.78, 5) is 17.6. The van der Waals surface area contributed by atoms with Crippen molar-refractivity contribution in [1.82, 2.24) is 10.4 Å². The highest BCUT2D eigenvalue weighted by atomic mass is 32.2. The molecule has 0 unspecified atom stereocenters. The molecular weight excluding hydrogens is 460 g/mol. The minimum atomic E-state index is -4.02. The summed E-state index contributed by atoms with van der Waals surface area (Å²) in [5.74, 6) is 0.0155. The Bertz CT molecular complexity index is 1180. The number of rotatable bonds is 10. The SMILES string of the molecule is CCOc1ccc(N(CC(=O)N/N=C\c2cccnc2)S(=O)(=O)c2ccc(SC)cc2)cc1. The molecule has 8 nitrogen and oxygen atoms in total. The van der Waals surface area contributed by atoms with Crippen LogP contribution in [0.3, 0.4) is 0 Å². The lowest BCUT2D eigenvalue weighted by molar-refractivity contribution is -0.119. The first-order valence-electron chi connectivity index (χ1n) is 10.1. The van der Waals surface area contributed by atoms with Crippen molar-refractivity contribution in [3.8, 4) is 5.75 Å². The van der Waals surface area contributed by atoms with Crippen LogP contribution in [0.4, 0.5) is 5.69 Å². The zero-order valence-electron chi connectivity index (χ0n) is 18.2. The molecule has 0 bridgehead atoms. The molecule has 0 fully saturated rings. The Hall–Kier alpha value is -3.37. The van der Waals surface area contributed by atoms with Crippen molar-refractivity contribution in [3.63, 3.8) is 0 Å². The van der Waals surface area contributed by atoms with Gasteiger partial charge in [-0.25, -0.2) is 13.8 Å². The fourth-order valence-corrected chi connectivity index (χ4v) is 4.69. The van der Waals surface area contributed by atoms with Crippen LogP contribution in [0.2, 0.25) is 0 Å². The Morgan fingerprint density at radius 1 is 1.15 bits per heavy atom. The highest BCUT2D eigenvalue weighted by Crippen LogP contribution is 2.27. The van der Waals surface area contributed by atoms with Crippen molar-refractivity contribution in [3.05, 3.63) is 78.6 Å². The van der Waals surface area contributed by atoms with Gasteiger partial charge in [0.05, 0.1) is 23.4 Å². The second-order valence-corrected chi connectivity index (χ2v) is 9.44. The van der Waals surface area contributed by atoms with Gasteiger partial charge in [0.2, 0.25) is 0 Å². The number of aromatic nitrogens is 1. The van der Waals surface area contributed by atoms with E-state index in [-0.39, 0.29) is 4.90 Å². The number of sulfonamides is 1. The predicted molar refractivity (Wildman–Crippen MR) is 130 cm³/mol. The third-order valence-electron chi connectivity index (χ3n) is 4.46. The van der Waals surface area contributed by atoms with Crippen molar-refractivity contribution in [2.45, 2.75) is 16.7 Å². The van der Waals surface area contributed by atoms with E-state index in [0.29, 0.717) is 23.6 Å². The van der Waals surface area contributed by atoms with E-state index < -0.39 is 22.5 Å². The molecule has 1 heterocycles. The van der Waals surface area contributed by atoms with E-state index in [1.807, 2.05) is 13.2 Å². The Morgan fingerprint density at radius 2 is 1.88 bits per heavy atom. The van der Waals surface area contributed by atoms with Crippen LogP contribution in [-0.4, -0.2) is 44.9 Å². The molecule has 0 spiro atoms. The van der Waals surface area contributed by atoms with E-state index in [4.69, 9.17) is 4.74 Å². The number of amides is 1. The van der Waals surface area contributed by atoms with Crippen LogP contribution in [-0.2, 0) is 14.8 Å². The number of ether oxygens (including phenoxy) is 1. The van der Waals surface area contributed by atoms with Gasteiger partial charge in [-0.1, -0.05) is 6.07 Å². The molecule has 0 aliphatic carbocycles. The molecule has 2 aromatic carbocycles. The average molecular weight is 485 g/mol. The van der Waals surface area contributed by atoms with Crippen molar-refractivity contribution in [2.75, 3.05) is 23.7 Å². The first-order chi connectivity index (χ1) is 15.9. The molecule has 1 N–H and O–H groups in total. The largest absolute Gasteiger partial charge is 0.494 e. The van der Waals surface area contributed by atoms with Gasteiger partial charge >= 0.3 is 0 Å². The maximum atomic E-state index is 13.4. The predicted octanol–water partition coefficient (Wildman–Crippen LogP) is 3.55. The maximum Gasteiger partial charge on any atom is 0.264 e. The van der Waals surface area contributed by atoms with Crippen LogP contribution in [0.15, 0.2) is 87.9 Å². The van der Waals surface area contributed by atoms with Gasteiger partial charge in [-0.15, -0.1) is 11.8 Å². The monoisotopic (exact) mass is 484 g/mol. The fourth-order valence-electron chi connectivity index (χ4n) is 2.86. The number of carbonyl (C=O) groups excluding carboxylic acids is 1. The highest BCUT2D eigenvalue weighted by Gasteiger charge is 2.27. The summed E-state index contributed by atoms with van der Waals surface area (Å²) in [6.45, 7) is 1.89. The van der Waals surface area contributed by atoms with Crippen LogP contribution >= 0.6 is 11.8 Å². The van der Waals surface area contributed by atoms with Crippen LogP contribution in [0, 0.1) is 0 Å². The summed E-state index contributed by atoms with van der Waals surface area (Å²) in [6.07, 6.45) is 6.56. The zero-order chi connectivity index (χ0) is 23.7. The first-order valence-corrected chi connectivity index (χ1v) is 12.7. The number of hydrogen-bond donors (Lipinski definition) is 1. The number of anilines is 1. The second-order valence-electron chi connectivity index (χ2n) is 6.69. The van der Waals surface area contributed by atoms with E-state index in [1.165, 1.54) is 30.1 Å². The van der Waals surface area contributed by atoms with Crippen LogP contribution in [0.5, 0.6) is 5.75 Å². The first kappa shape index (κ1) is 24.3. The van der Waals surface area contributed by atoms with Crippen molar-refractivity contribution >= 4 is 39.6 Å². The van der Waals surface area contributed by atoms with E-state index in [9.17, 15) is 13.2 Å². The number of hydrogen-bond acceptors (Lipinski definition) is 7. The van der Waals surface area contributed by atoms with Gasteiger partial charge < -0.3 is 4.74 Å². The normalized spacial score (nSPS) is 11.3. The van der Waals surface area contributed by atoms with Crippen molar-refractivity contribution in [2.24, 2.45) is 5.10 Å². The molecule has 1 aromatic heterocycles. The molecule has 0 saturated heterocycles. The van der Waals surface area contributed by atoms with Crippen LogP contribution in [0.25, 0.3) is 0 Å². The topological polar surface area (TPSA) is 101 Å². The van der Waals surface area contributed by atoms with Crippen molar-refractivity contribution < 1.29 is 17.9 Å². The summed E-state index contributed by atoms with van der Waals surface area (Å²) < 4.78 is 33.4. The summed E-state index contributed by atoms with van der Waals surface area (Å²) in [6, 6.07) is 16.6. The molecule has 172 valence electrons. The molecule has 3 aromatic rings. The number of nitrogens with one attached hydrogen (secondary N) is 1. The summed E-state index contributed by atoms with van der Waals surface area (Å²) >= 11 is 1.51. The van der Waals surface area contributed by atoms with Gasteiger partial charge in [-0.05, 0) is 67.8 Å². The molecule has 3 rings (SSSR count). The molecular formula is C23H24N4O4S2. The number of nitrogens with zero attached hydrogens (tertiary/aromatic N) is 3.